The average Bonchev–Trinajstić information content (AvgIpc) is 3.02. The van der Waals surface area contributed by atoms with Crippen molar-refractivity contribution in [3.05, 3.63) is 69.3 Å². The molecular formula is C17H13BrClN3O. The van der Waals surface area contributed by atoms with Crippen LogP contribution in [-0.2, 0) is 0 Å². The maximum absolute atomic E-state index is 12.3. The Balaban J connectivity index is 1.78. The van der Waals surface area contributed by atoms with Crippen LogP contribution in [0.5, 0.6) is 0 Å². The molecule has 0 atom stereocenters. The van der Waals surface area contributed by atoms with Gasteiger partial charge in [-0.1, -0.05) is 45.7 Å². The normalized spacial score (nSPS) is 10.6. The number of carbonyl (C=O) groups is 1. The minimum atomic E-state index is -0.263. The van der Waals surface area contributed by atoms with Gasteiger partial charge in [0.15, 0.2) is 0 Å². The van der Waals surface area contributed by atoms with Crippen molar-refractivity contribution in [2.75, 3.05) is 5.32 Å². The molecular weight excluding hydrogens is 378 g/mol. The molecule has 2 N–H and O–H groups in total. The molecule has 0 aliphatic carbocycles. The number of nitrogens with one attached hydrogen (secondary N) is 2. The van der Waals surface area contributed by atoms with Gasteiger partial charge >= 0.3 is 0 Å². The summed E-state index contributed by atoms with van der Waals surface area (Å²) >= 11 is 9.46. The Bertz CT molecular complexity index is 859. The number of H-pyrrole nitrogens is 1. The number of carbonyl (C=O) groups excluding carboxylic acids is 1. The van der Waals surface area contributed by atoms with Gasteiger partial charge in [0, 0.05) is 20.7 Å². The smallest absolute Gasteiger partial charge is 0.273 e. The summed E-state index contributed by atoms with van der Waals surface area (Å²) in [7, 11) is 0. The first-order chi connectivity index (χ1) is 11.0. The second-order valence-corrected chi connectivity index (χ2v) is 6.41. The molecule has 0 aliphatic rings. The summed E-state index contributed by atoms with van der Waals surface area (Å²) in [6.45, 7) is 1.91. The number of aromatic nitrogens is 2. The fraction of sp³-hybridized carbons (Fsp3) is 0.0588. The van der Waals surface area contributed by atoms with Gasteiger partial charge in [0.25, 0.3) is 5.91 Å². The maximum atomic E-state index is 12.3. The van der Waals surface area contributed by atoms with E-state index in [-0.39, 0.29) is 5.91 Å². The molecule has 0 bridgehead atoms. The van der Waals surface area contributed by atoms with E-state index >= 15 is 0 Å². The van der Waals surface area contributed by atoms with Gasteiger partial charge in [-0.3, -0.25) is 9.89 Å². The first-order valence-corrected chi connectivity index (χ1v) is 8.09. The zero-order chi connectivity index (χ0) is 16.4. The number of hydrogen-bond acceptors (Lipinski definition) is 2. The van der Waals surface area contributed by atoms with Crippen LogP contribution in [0, 0.1) is 6.92 Å². The summed E-state index contributed by atoms with van der Waals surface area (Å²) in [6.07, 6.45) is 0. The van der Waals surface area contributed by atoms with E-state index < -0.39 is 0 Å². The summed E-state index contributed by atoms with van der Waals surface area (Å²) in [4.78, 5) is 12.3. The van der Waals surface area contributed by atoms with Gasteiger partial charge in [-0.2, -0.15) is 5.10 Å². The molecule has 116 valence electrons. The second-order valence-electron chi connectivity index (χ2n) is 5.09. The Morgan fingerprint density at radius 3 is 2.61 bits per heavy atom. The predicted octanol–water partition coefficient (Wildman–Crippen LogP) is 5.05. The standard InChI is InChI=1S/C17H13BrClN3O/c1-10-2-7-13(8-14(10)19)20-17(23)16-9-15(21-22-16)11-3-5-12(18)6-4-11/h2-9H,1H3,(H,20,23)(H,21,22). The van der Waals surface area contributed by atoms with Gasteiger partial charge < -0.3 is 5.32 Å². The Morgan fingerprint density at radius 1 is 1.17 bits per heavy atom. The monoisotopic (exact) mass is 389 g/mol. The first kappa shape index (κ1) is 15.8. The zero-order valence-corrected chi connectivity index (χ0v) is 14.6. The quantitative estimate of drug-likeness (QED) is 0.657. The minimum absolute atomic E-state index is 0.263. The number of nitrogens with zero attached hydrogens (tertiary/aromatic N) is 1. The lowest BCUT2D eigenvalue weighted by molar-refractivity contribution is 0.102. The molecule has 2 aromatic carbocycles. The van der Waals surface area contributed by atoms with Crippen molar-refractivity contribution in [1.82, 2.24) is 10.2 Å². The van der Waals surface area contributed by atoms with Crippen molar-refractivity contribution in [3.8, 4) is 11.3 Å². The fourth-order valence-electron chi connectivity index (χ4n) is 2.08. The molecule has 6 heteroatoms. The van der Waals surface area contributed by atoms with Gasteiger partial charge in [0.05, 0.1) is 5.69 Å². The van der Waals surface area contributed by atoms with E-state index in [0.717, 1.165) is 15.6 Å². The molecule has 1 aromatic heterocycles. The highest BCUT2D eigenvalue weighted by molar-refractivity contribution is 9.10. The molecule has 0 spiro atoms. The van der Waals surface area contributed by atoms with Crippen molar-refractivity contribution in [2.45, 2.75) is 6.92 Å². The predicted molar refractivity (Wildman–Crippen MR) is 95.9 cm³/mol. The largest absolute Gasteiger partial charge is 0.321 e. The summed E-state index contributed by atoms with van der Waals surface area (Å²) in [5, 5.41) is 10.4. The lowest BCUT2D eigenvalue weighted by Gasteiger charge is -2.05. The topological polar surface area (TPSA) is 57.8 Å². The van der Waals surface area contributed by atoms with Crippen LogP contribution in [0.2, 0.25) is 5.02 Å². The highest BCUT2D eigenvalue weighted by Gasteiger charge is 2.12. The Morgan fingerprint density at radius 2 is 1.91 bits per heavy atom. The summed E-state index contributed by atoms with van der Waals surface area (Å²) < 4.78 is 0.992. The van der Waals surface area contributed by atoms with Crippen LogP contribution in [0.4, 0.5) is 5.69 Å². The van der Waals surface area contributed by atoms with Crippen molar-refractivity contribution in [1.29, 1.82) is 0 Å². The molecule has 0 saturated carbocycles. The van der Waals surface area contributed by atoms with E-state index in [9.17, 15) is 4.79 Å². The molecule has 3 aromatic rings. The summed E-state index contributed by atoms with van der Waals surface area (Å²) in [5.41, 5.74) is 3.64. The van der Waals surface area contributed by atoms with E-state index in [2.05, 4.69) is 31.4 Å². The Labute approximate surface area is 147 Å². The van der Waals surface area contributed by atoms with Crippen LogP contribution >= 0.6 is 27.5 Å². The molecule has 0 fully saturated rings. The minimum Gasteiger partial charge on any atom is -0.321 e. The van der Waals surface area contributed by atoms with Gasteiger partial charge in [-0.25, -0.2) is 0 Å². The number of aromatic amines is 1. The van der Waals surface area contributed by atoms with Crippen LogP contribution in [0.3, 0.4) is 0 Å². The van der Waals surface area contributed by atoms with E-state index in [4.69, 9.17) is 11.6 Å². The summed E-state index contributed by atoms with van der Waals surface area (Å²) in [5.74, 6) is -0.263. The van der Waals surface area contributed by atoms with Gasteiger partial charge in [0.2, 0.25) is 0 Å². The zero-order valence-electron chi connectivity index (χ0n) is 12.2. The van der Waals surface area contributed by atoms with Gasteiger partial charge in [0.1, 0.15) is 5.69 Å². The Hall–Kier alpha value is -2.11. The number of rotatable bonds is 3. The number of anilines is 1. The molecule has 0 radical (unpaired) electrons. The van der Waals surface area contributed by atoms with E-state index in [0.29, 0.717) is 22.1 Å². The van der Waals surface area contributed by atoms with Gasteiger partial charge in [-0.05, 0) is 42.8 Å². The third-order valence-electron chi connectivity index (χ3n) is 3.39. The van der Waals surface area contributed by atoms with E-state index in [1.54, 1.807) is 12.1 Å². The molecule has 1 heterocycles. The van der Waals surface area contributed by atoms with Crippen molar-refractivity contribution in [3.63, 3.8) is 0 Å². The van der Waals surface area contributed by atoms with Crippen molar-refractivity contribution in [2.24, 2.45) is 0 Å². The van der Waals surface area contributed by atoms with Crippen LogP contribution in [0.1, 0.15) is 16.1 Å². The lowest BCUT2D eigenvalue weighted by atomic mass is 10.1. The number of amides is 1. The molecule has 1 amide bonds. The molecule has 23 heavy (non-hydrogen) atoms. The van der Waals surface area contributed by atoms with E-state index in [1.807, 2.05) is 43.3 Å². The maximum Gasteiger partial charge on any atom is 0.273 e. The summed E-state index contributed by atoms with van der Waals surface area (Å²) in [6, 6.07) is 14.8. The fourth-order valence-corrected chi connectivity index (χ4v) is 2.52. The highest BCUT2D eigenvalue weighted by Crippen LogP contribution is 2.22. The number of halogens is 2. The van der Waals surface area contributed by atoms with Crippen LogP contribution in [0.15, 0.2) is 53.0 Å². The number of aryl methyl sites for hydroxylation is 1. The lowest BCUT2D eigenvalue weighted by Crippen LogP contribution is -2.12. The third kappa shape index (κ3) is 3.63. The highest BCUT2D eigenvalue weighted by atomic mass is 79.9. The van der Waals surface area contributed by atoms with Gasteiger partial charge in [-0.15, -0.1) is 0 Å². The molecule has 3 rings (SSSR count). The first-order valence-electron chi connectivity index (χ1n) is 6.92. The SMILES string of the molecule is Cc1ccc(NC(=O)c2cc(-c3ccc(Br)cc3)n[nH]2)cc1Cl. The van der Waals surface area contributed by atoms with Crippen molar-refractivity contribution >= 4 is 39.1 Å². The Kier molecular flexibility index (Phi) is 4.50. The number of hydrogen-bond donors (Lipinski definition) is 2. The average molecular weight is 391 g/mol. The van der Waals surface area contributed by atoms with Crippen LogP contribution in [-0.4, -0.2) is 16.1 Å². The van der Waals surface area contributed by atoms with E-state index in [1.165, 1.54) is 0 Å². The molecule has 0 aliphatic heterocycles. The molecule has 4 nitrogen and oxygen atoms in total. The third-order valence-corrected chi connectivity index (χ3v) is 4.33. The van der Waals surface area contributed by atoms with Crippen LogP contribution in [0.25, 0.3) is 11.3 Å². The molecule has 0 saturated heterocycles. The molecule has 0 unspecified atom stereocenters. The number of benzene rings is 2. The van der Waals surface area contributed by atoms with Crippen LogP contribution < -0.4 is 5.32 Å². The second kappa shape index (κ2) is 6.56. The van der Waals surface area contributed by atoms with Crippen molar-refractivity contribution < 1.29 is 4.79 Å².